The molecule has 2 heterocycles. The molecule has 0 atom stereocenters. The molecule has 0 aliphatic carbocycles. The van der Waals surface area contributed by atoms with Crippen molar-refractivity contribution in [3.05, 3.63) is 22.7 Å². The second kappa shape index (κ2) is 10.1. The van der Waals surface area contributed by atoms with Gasteiger partial charge in [0.2, 0.25) is 5.95 Å². The number of benzene rings is 1. The van der Waals surface area contributed by atoms with Crippen molar-refractivity contribution in [1.82, 2.24) is 15.5 Å². The second-order valence-electron chi connectivity index (χ2n) is 8.86. The minimum Gasteiger partial charge on any atom is -0.507 e. The molecule has 10 nitrogen and oxygen atoms in total. The average Bonchev–Trinajstić information content (AvgIpc) is 3.11. The third-order valence-electron chi connectivity index (χ3n) is 5.39. The number of hydrogen-bond acceptors (Lipinski definition) is 10. The maximum atomic E-state index is 10.3. The van der Waals surface area contributed by atoms with Crippen LogP contribution in [-0.2, 0) is 6.54 Å². The van der Waals surface area contributed by atoms with Gasteiger partial charge < -0.3 is 25.5 Å². The molecule has 182 valence electrons. The summed E-state index contributed by atoms with van der Waals surface area (Å²) in [6, 6.07) is 3.04. The van der Waals surface area contributed by atoms with Crippen LogP contribution in [0.3, 0.4) is 0 Å². The summed E-state index contributed by atoms with van der Waals surface area (Å²) >= 11 is 5.92. The Bertz CT molecular complexity index is 964. The van der Waals surface area contributed by atoms with Gasteiger partial charge in [-0.1, -0.05) is 11.6 Å². The Kier molecular flexibility index (Phi) is 7.61. The van der Waals surface area contributed by atoms with Gasteiger partial charge in [0.25, 0.3) is 0 Å². The van der Waals surface area contributed by atoms with E-state index < -0.39 is 0 Å². The fourth-order valence-electron chi connectivity index (χ4n) is 3.68. The minimum absolute atomic E-state index is 0.0296. The van der Waals surface area contributed by atoms with Crippen molar-refractivity contribution in [2.75, 3.05) is 33.4 Å². The molecule has 33 heavy (non-hydrogen) atoms. The van der Waals surface area contributed by atoms with Gasteiger partial charge in [0, 0.05) is 36.2 Å². The Morgan fingerprint density at radius 3 is 2.15 bits per heavy atom. The number of hydrazine groups is 2. The number of phenolic OH excluding ortho intramolecular Hbond substituents is 2. The van der Waals surface area contributed by atoms with E-state index in [1.807, 2.05) is 28.8 Å². The van der Waals surface area contributed by atoms with Crippen molar-refractivity contribution in [3.8, 4) is 11.5 Å². The van der Waals surface area contributed by atoms with Crippen LogP contribution in [0, 0.1) is 0 Å². The molecule has 3 rings (SSSR count). The molecule has 0 unspecified atom stereocenters. The summed E-state index contributed by atoms with van der Waals surface area (Å²) in [6.45, 7) is 12.7. The summed E-state index contributed by atoms with van der Waals surface area (Å²) < 4.78 is 0. The number of rotatable bonds is 9. The van der Waals surface area contributed by atoms with Crippen molar-refractivity contribution in [2.24, 2.45) is 0 Å². The first-order valence-electron chi connectivity index (χ1n) is 11.1. The number of halogens is 1. The van der Waals surface area contributed by atoms with Crippen LogP contribution in [0.25, 0.3) is 0 Å². The molecule has 11 heteroatoms. The third kappa shape index (κ3) is 5.13. The van der Waals surface area contributed by atoms with Crippen molar-refractivity contribution >= 4 is 34.9 Å². The van der Waals surface area contributed by atoms with Gasteiger partial charge in [0.05, 0.1) is 12.2 Å². The summed E-state index contributed by atoms with van der Waals surface area (Å²) in [5.41, 5.74) is 4.47. The highest BCUT2D eigenvalue weighted by Crippen LogP contribution is 2.41. The largest absolute Gasteiger partial charge is 0.507 e. The quantitative estimate of drug-likeness (QED) is 0.366. The summed E-state index contributed by atoms with van der Waals surface area (Å²) in [5, 5.41) is 37.7. The third-order valence-corrected chi connectivity index (χ3v) is 5.61. The average molecular weight is 480 g/mol. The predicted molar refractivity (Wildman–Crippen MR) is 132 cm³/mol. The topological polar surface area (TPSA) is 120 Å². The molecule has 1 aliphatic rings. The van der Waals surface area contributed by atoms with Crippen LogP contribution in [0.5, 0.6) is 11.5 Å². The summed E-state index contributed by atoms with van der Waals surface area (Å²) in [4.78, 5) is 11.6. The SMILES string of the molecule is CC(C)N(CCO)c1nc(NCc2c(O)cc(Cl)cc2O)c2c(n1)N(C(C)C)NN2C(C)C. The summed E-state index contributed by atoms with van der Waals surface area (Å²) in [6.07, 6.45) is 0. The monoisotopic (exact) mass is 479 g/mol. The molecule has 0 fully saturated rings. The molecule has 0 bridgehead atoms. The van der Waals surface area contributed by atoms with Crippen molar-refractivity contribution < 1.29 is 15.3 Å². The van der Waals surface area contributed by atoms with Crippen LogP contribution in [0.4, 0.5) is 23.3 Å². The van der Waals surface area contributed by atoms with Crippen LogP contribution in [0.1, 0.15) is 47.1 Å². The van der Waals surface area contributed by atoms with Crippen LogP contribution >= 0.6 is 11.6 Å². The number of nitrogens with one attached hydrogen (secondary N) is 2. The first-order valence-corrected chi connectivity index (χ1v) is 11.5. The fraction of sp³-hybridized carbons (Fsp3) is 0.545. The summed E-state index contributed by atoms with van der Waals surface area (Å²) in [7, 11) is 0. The predicted octanol–water partition coefficient (Wildman–Crippen LogP) is 3.22. The molecule has 2 aromatic rings. The lowest BCUT2D eigenvalue weighted by Gasteiger charge is -2.28. The second-order valence-corrected chi connectivity index (χ2v) is 9.30. The van der Waals surface area contributed by atoms with Gasteiger partial charge in [-0.15, -0.1) is 5.53 Å². The standard InChI is InChI=1S/C22H34ClN7O3/c1-12(2)28(7-8-31)22-25-20(24-11-16-17(32)9-15(23)10-18(16)33)19-21(26-22)30(14(5)6)27-29(19)13(3)4/h9-10,12-14,27,31-33H,7-8,11H2,1-6H3,(H,24,25,26). The van der Waals surface area contributed by atoms with E-state index >= 15 is 0 Å². The van der Waals surface area contributed by atoms with Crippen molar-refractivity contribution in [2.45, 2.75) is 66.2 Å². The Hall–Kier alpha value is -2.69. The van der Waals surface area contributed by atoms with Gasteiger partial charge >= 0.3 is 0 Å². The molecule has 0 radical (unpaired) electrons. The van der Waals surface area contributed by atoms with E-state index in [1.165, 1.54) is 12.1 Å². The van der Waals surface area contributed by atoms with E-state index in [1.54, 1.807) is 0 Å². The highest BCUT2D eigenvalue weighted by molar-refractivity contribution is 6.30. The Morgan fingerprint density at radius 1 is 1.03 bits per heavy atom. The van der Waals surface area contributed by atoms with Gasteiger partial charge in [-0.25, -0.2) is 0 Å². The first kappa shape index (κ1) is 24.9. The number of aliphatic hydroxyl groups is 1. The maximum absolute atomic E-state index is 10.3. The zero-order valence-electron chi connectivity index (χ0n) is 20.0. The number of aromatic nitrogens is 2. The molecule has 1 aliphatic heterocycles. The van der Waals surface area contributed by atoms with Crippen LogP contribution in [0.15, 0.2) is 12.1 Å². The highest BCUT2D eigenvalue weighted by atomic mass is 35.5. The van der Waals surface area contributed by atoms with E-state index in [4.69, 9.17) is 21.6 Å². The zero-order chi connectivity index (χ0) is 24.4. The van der Waals surface area contributed by atoms with E-state index in [0.29, 0.717) is 29.7 Å². The van der Waals surface area contributed by atoms with Gasteiger partial charge in [0.1, 0.15) is 17.2 Å². The molecule has 0 saturated carbocycles. The zero-order valence-corrected chi connectivity index (χ0v) is 20.7. The number of hydrogen-bond donors (Lipinski definition) is 5. The molecule has 1 aromatic carbocycles. The molecule has 0 spiro atoms. The van der Waals surface area contributed by atoms with E-state index in [9.17, 15) is 15.3 Å². The van der Waals surface area contributed by atoms with E-state index in [0.717, 1.165) is 5.69 Å². The fourth-order valence-corrected chi connectivity index (χ4v) is 3.89. The number of fused-ring (bicyclic) bond motifs is 1. The molecule has 1 aromatic heterocycles. The van der Waals surface area contributed by atoms with Gasteiger partial charge in [-0.2, -0.15) is 9.97 Å². The van der Waals surface area contributed by atoms with Crippen LogP contribution < -0.4 is 25.8 Å². The van der Waals surface area contributed by atoms with E-state index in [-0.39, 0.29) is 47.8 Å². The number of nitrogens with zero attached hydrogens (tertiary/aromatic N) is 5. The minimum atomic E-state index is -0.106. The Labute approximate surface area is 199 Å². The lowest BCUT2D eigenvalue weighted by atomic mass is 10.1. The number of aliphatic hydroxyl groups excluding tert-OH is 1. The summed E-state index contributed by atoms with van der Waals surface area (Å²) in [5.74, 6) is 1.51. The molecule has 0 saturated heterocycles. The number of aromatic hydroxyl groups is 2. The molecule has 5 N–H and O–H groups in total. The van der Waals surface area contributed by atoms with E-state index in [2.05, 4.69) is 38.5 Å². The van der Waals surface area contributed by atoms with Gasteiger partial charge in [0.15, 0.2) is 11.6 Å². The highest BCUT2D eigenvalue weighted by Gasteiger charge is 2.35. The number of phenols is 2. The lowest BCUT2D eigenvalue weighted by molar-refractivity contribution is 0.298. The van der Waals surface area contributed by atoms with Gasteiger partial charge in [-0.05, 0) is 53.7 Å². The lowest BCUT2D eigenvalue weighted by Crippen LogP contribution is -2.50. The molecular formula is C22H34ClN7O3. The Balaban J connectivity index is 2.11. The number of anilines is 4. The van der Waals surface area contributed by atoms with Gasteiger partial charge in [-0.3, -0.25) is 10.0 Å². The smallest absolute Gasteiger partial charge is 0.229 e. The molecule has 0 amide bonds. The molecular weight excluding hydrogens is 446 g/mol. The van der Waals surface area contributed by atoms with Crippen LogP contribution in [-0.4, -0.2) is 56.6 Å². The normalized spacial score (nSPS) is 13.4. The van der Waals surface area contributed by atoms with Crippen LogP contribution in [0.2, 0.25) is 5.02 Å². The Morgan fingerprint density at radius 2 is 1.64 bits per heavy atom. The first-order chi connectivity index (χ1) is 15.5. The maximum Gasteiger partial charge on any atom is 0.229 e. The van der Waals surface area contributed by atoms with Crippen molar-refractivity contribution in [3.63, 3.8) is 0 Å². The van der Waals surface area contributed by atoms with Crippen molar-refractivity contribution in [1.29, 1.82) is 0 Å².